The van der Waals surface area contributed by atoms with Crippen molar-refractivity contribution in [1.82, 2.24) is 0 Å². The third-order valence-corrected chi connectivity index (χ3v) is 3.12. The van der Waals surface area contributed by atoms with Gasteiger partial charge in [0.15, 0.2) is 0 Å². The van der Waals surface area contributed by atoms with E-state index in [2.05, 4.69) is 0 Å². The maximum Gasteiger partial charge on any atom is 0.492 e. The Bertz CT molecular complexity index is 589. The molecule has 2 aromatic carbocycles. The molecule has 0 amide bonds. The van der Waals surface area contributed by atoms with Crippen molar-refractivity contribution in [3.8, 4) is 11.5 Å². The molecular formula is C14H14BClO4. The SMILES string of the molecule is COc1ccc(COc2ccccc2Cl)cc1B(O)O. The van der Waals surface area contributed by atoms with Gasteiger partial charge in [0.1, 0.15) is 18.1 Å². The molecule has 6 heteroatoms. The zero-order chi connectivity index (χ0) is 14.5. The molecule has 0 aliphatic heterocycles. The average Bonchev–Trinajstić information content (AvgIpc) is 2.46. The third kappa shape index (κ3) is 3.45. The molecule has 0 heterocycles. The van der Waals surface area contributed by atoms with Crippen molar-refractivity contribution in [2.75, 3.05) is 7.11 Å². The molecule has 0 atom stereocenters. The number of para-hydroxylation sites is 1. The van der Waals surface area contributed by atoms with Gasteiger partial charge in [-0.15, -0.1) is 0 Å². The predicted molar refractivity (Wildman–Crippen MR) is 78.6 cm³/mol. The summed E-state index contributed by atoms with van der Waals surface area (Å²) in [4.78, 5) is 0. The molecule has 0 bridgehead atoms. The molecule has 2 aromatic rings. The number of methoxy groups -OCH3 is 1. The second-order valence-electron chi connectivity index (χ2n) is 4.17. The molecule has 104 valence electrons. The first-order valence-corrected chi connectivity index (χ1v) is 6.40. The monoisotopic (exact) mass is 292 g/mol. The highest BCUT2D eigenvalue weighted by atomic mass is 35.5. The first-order valence-electron chi connectivity index (χ1n) is 6.02. The largest absolute Gasteiger partial charge is 0.497 e. The van der Waals surface area contributed by atoms with Crippen LogP contribution in [0, 0.1) is 0 Å². The van der Waals surface area contributed by atoms with Gasteiger partial charge >= 0.3 is 7.12 Å². The maximum atomic E-state index is 9.30. The van der Waals surface area contributed by atoms with Crippen molar-refractivity contribution in [3.05, 3.63) is 53.1 Å². The van der Waals surface area contributed by atoms with E-state index in [1.807, 2.05) is 12.1 Å². The fraction of sp³-hybridized carbons (Fsp3) is 0.143. The molecule has 0 saturated carbocycles. The van der Waals surface area contributed by atoms with E-state index < -0.39 is 7.12 Å². The van der Waals surface area contributed by atoms with E-state index in [4.69, 9.17) is 21.1 Å². The second-order valence-corrected chi connectivity index (χ2v) is 4.58. The van der Waals surface area contributed by atoms with Crippen molar-refractivity contribution < 1.29 is 19.5 Å². The van der Waals surface area contributed by atoms with E-state index in [0.29, 0.717) is 22.0 Å². The minimum absolute atomic E-state index is 0.271. The van der Waals surface area contributed by atoms with E-state index in [1.165, 1.54) is 7.11 Å². The summed E-state index contributed by atoms with van der Waals surface area (Å²) in [5.41, 5.74) is 1.08. The molecule has 2 rings (SSSR count). The summed E-state index contributed by atoms with van der Waals surface area (Å²) in [7, 11) is -0.119. The molecule has 0 fully saturated rings. The number of benzene rings is 2. The molecule has 0 aliphatic rings. The second kappa shape index (κ2) is 6.66. The van der Waals surface area contributed by atoms with Gasteiger partial charge in [-0.2, -0.15) is 0 Å². The summed E-state index contributed by atoms with van der Waals surface area (Å²) < 4.78 is 10.7. The van der Waals surface area contributed by atoms with E-state index >= 15 is 0 Å². The molecule has 2 N–H and O–H groups in total. The molecule has 0 radical (unpaired) electrons. The third-order valence-electron chi connectivity index (χ3n) is 2.80. The summed E-state index contributed by atoms with van der Waals surface area (Å²) in [6, 6.07) is 12.3. The van der Waals surface area contributed by atoms with E-state index in [0.717, 1.165) is 5.56 Å². The number of halogens is 1. The lowest BCUT2D eigenvalue weighted by Crippen LogP contribution is -2.31. The zero-order valence-electron chi connectivity index (χ0n) is 10.9. The standard InChI is InChI=1S/C14H14BClO4/c1-19-13-7-6-10(8-11(13)15(17)18)9-20-14-5-3-2-4-12(14)16/h2-8,17-18H,9H2,1H3. The fourth-order valence-corrected chi connectivity index (χ4v) is 1.99. The molecule has 20 heavy (non-hydrogen) atoms. The summed E-state index contributed by atoms with van der Waals surface area (Å²) in [5, 5.41) is 19.1. The number of rotatable bonds is 5. The van der Waals surface area contributed by atoms with Crippen LogP contribution in [0.15, 0.2) is 42.5 Å². The lowest BCUT2D eigenvalue weighted by molar-refractivity contribution is 0.306. The fourth-order valence-electron chi connectivity index (χ4n) is 1.80. The maximum absolute atomic E-state index is 9.30. The van der Waals surface area contributed by atoms with E-state index in [1.54, 1.807) is 30.3 Å². The smallest absolute Gasteiger partial charge is 0.492 e. The number of hydrogen-bond donors (Lipinski definition) is 2. The lowest BCUT2D eigenvalue weighted by atomic mass is 9.79. The average molecular weight is 293 g/mol. The first kappa shape index (κ1) is 14.7. The number of hydrogen-bond acceptors (Lipinski definition) is 4. The quantitative estimate of drug-likeness (QED) is 0.822. The number of ether oxygens (including phenoxy) is 2. The Morgan fingerprint density at radius 2 is 1.85 bits per heavy atom. The van der Waals surface area contributed by atoms with Crippen LogP contribution in [0.2, 0.25) is 5.02 Å². The van der Waals surface area contributed by atoms with E-state index in [-0.39, 0.29) is 6.61 Å². The Morgan fingerprint density at radius 1 is 1.10 bits per heavy atom. The van der Waals surface area contributed by atoms with Crippen LogP contribution in [-0.4, -0.2) is 24.3 Å². The van der Waals surface area contributed by atoms with Gasteiger partial charge in [0.2, 0.25) is 0 Å². The van der Waals surface area contributed by atoms with Crippen LogP contribution in [0.5, 0.6) is 11.5 Å². The molecule has 0 spiro atoms. The molecule has 0 aliphatic carbocycles. The van der Waals surface area contributed by atoms with Crippen LogP contribution in [0.4, 0.5) is 0 Å². The summed E-state index contributed by atoms with van der Waals surface area (Å²) in [5.74, 6) is 0.998. The highest BCUT2D eigenvalue weighted by Gasteiger charge is 2.17. The van der Waals surface area contributed by atoms with Crippen LogP contribution >= 0.6 is 11.6 Å². The van der Waals surface area contributed by atoms with Gasteiger partial charge in [-0.1, -0.05) is 35.9 Å². The van der Waals surface area contributed by atoms with Crippen molar-refractivity contribution >= 4 is 24.2 Å². The predicted octanol–water partition coefficient (Wildman–Crippen LogP) is 1.61. The molecule has 0 unspecified atom stereocenters. The molecule has 4 nitrogen and oxygen atoms in total. The highest BCUT2D eigenvalue weighted by Crippen LogP contribution is 2.24. The summed E-state index contributed by atoms with van der Waals surface area (Å²) >= 11 is 5.99. The van der Waals surface area contributed by atoms with Gasteiger partial charge in [-0.25, -0.2) is 0 Å². The van der Waals surface area contributed by atoms with Crippen molar-refractivity contribution in [3.63, 3.8) is 0 Å². The summed E-state index contributed by atoms with van der Waals surface area (Å²) in [6.45, 7) is 0.271. The minimum atomic E-state index is -1.59. The zero-order valence-corrected chi connectivity index (χ0v) is 11.7. The Kier molecular flexibility index (Phi) is 4.90. The van der Waals surface area contributed by atoms with Crippen molar-refractivity contribution in [1.29, 1.82) is 0 Å². The summed E-state index contributed by atoms with van der Waals surface area (Å²) in [6.07, 6.45) is 0. The van der Waals surface area contributed by atoms with Crippen LogP contribution in [0.3, 0.4) is 0 Å². The van der Waals surface area contributed by atoms with Crippen LogP contribution in [0.25, 0.3) is 0 Å². The van der Waals surface area contributed by atoms with Gasteiger partial charge in [-0.05, 0) is 23.8 Å². The molecular weight excluding hydrogens is 278 g/mol. The molecule has 0 aromatic heterocycles. The van der Waals surface area contributed by atoms with E-state index in [9.17, 15) is 10.0 Å². The van der Waals surface area contributed by atoms with Gasteiger partial charge in [0, 0.05) is 5.46 Å². The Labute approximate surface area is 122 Å². The van der Waals surface area contributed by atoms with Crippen LogP contribution in [0.1, 0.15) is 5.56 Å². The highest BCUT2D eigenvalue weighted by molar-refractivity contribution is 6.59. The van der Waals surface area contributed by atoms with Gasteiger partial charge in [0.25, 0.3) is 0 Å². The Hall–Kier alpha value is -1.69. The van der Waals surface area contributed by atoms with Gasteiger partial charge < -0.3 is 19.5 Å². The van der Waals surface area contributed by atoms with Crippen LogP contribution < -0.4 is 14.9 Å². The lowest BCUT2D eigenvalue weighted by Gasteiger charge is -2.11. The van der Waals surface area contributed by atoms with Crippen molar-refractivity contribution in [2.45, 2.75) is 6.61 Å². The van der Waals surface area contributed by atoms with Crippen LogP contribution in [-0.2, 0) is 6.61 Å². The molecule has 0 saturated heterocycles. The first-order chi connectivity index (χ1) is 9.61. The Morgan fingerprint density at radius 3 is 2.50 bits per heavy atom. The topological polar surface area (TPSA) is 58.9 Å². The Balaban J connectivity index is 2.14. The van der Waals surface area contributed by atoms with Gasteiger partial charge in [0.05, 0.1) is 12.1 Å². The normalized spacial score (nSPS) is 10.2. The van der Waals surface area contributed by atoms with Gasteiger partial charge in [-0.3, -0.25) is 0 Å². The minimum Gasteiger partial charge on any atom is -0.497 e. The van der Waals surface area contributed by atoms with Crippen molar-refractivity contribution in [2.24, 2.45) is 0 Å².